The second-order valence-electron chi connectivity index (χ2n) is 0. The van der Waals surface area contributed by atoms with Crippen LogP contribution >= 0.6 is 0 Å². The average molecular weight is 335 g/mol. The summed E-state index contributed by atoms with van der Waals surface area (Å²) in [4.78, 5) is 38.8. The van der Waals surface area contributed by atoms with Crippen molar-refractivity contribution < 1.29 is 43.8 Å². The SMILES string of the molecule is [CH-]=O.[CH-]=O.[CH-]=O.[CH-]=O.[CH-]=O.[Os+5]. The molecule has 5 nitrogen and oxygen atoms in total. The predicted octanol–water partition coefficient (Wildman–Crippen LogP) is -1.37. The summed E-state index contributed by atoms with van der Waals surface area (Å²) in [5, 5.41) is 0. The molecule has 0 amide bonds. The van der Waals surface area contributed by atoms with Gasteiger partial charge in [-0.15, -0.1) is 0 Å². The van der Waals surface area contributed by atoms with E-state index in [9.17, 15) is 0 Å². The molecule has 0 fully saturated rings. The van der Waals surface area contributed by atoms with Crippen LogP contribution in [0.4, 0.5) is 0 Å². The van der Waals surface area contributed by atoms with E-state index in [1.807, 2.05) is 0 Å². The van der Waals surface area contributed by atoms with Crippen LogP contribution in [0.15, 0.2) is 0 Å². The van der Waals surface area contributed by atoms with Crippen molar-refractivity contribution in [3.8, 4) is 0 Å². The fraction of sp³-hybridized carbons (Fsp3) is 0. The fourth-order valence-corrected chi connectivity index (χ4v) is 0. The maximum absolute atomic E-state index is 7.75. The Bertz CT molecular complexity index is 26.4. The van der Waals surface area contributed by atoms with E-state index in [-0.39, 0.29) is 19.8 Å². The molecule has 0 aliphatic rings. The van der Waals surface area contributed by atoms with E-state index in [2.05, 4.69) is 33.9 Å². The van der Waals surface area contributed by atoms with Gasteiger partial charge in [-0.1, -0.05) is 0 Å². The summed E-state index contributed by atoms with van der Waals surface area (Å²) >= 11 is 0. The van der Waals surface area contributed by atoms with E-state index in [1.165, 1.54) is 0 Å². The summed E-state index contributed by atoms with van der Waals surface area (Å²) in [5.41, 5.74) is 0. The predicted molar refractivity (Wildman–Crippen MR) is 33.8 cm³/mol. The average Bonchev–Trinajstić information content (AvgIpc) is 2.20. The van der Waals surface area contributed by atoms with Gasteiger partial charge in [-0.05, 0) is 0 Å². The molecule has 0 N–H and O–H groups in total. The zero-order chi connectivity index (χ0) is 10.0. The van der Waals surface area contributed by atoms with Crippen molar-refractivity contribution in [3.63, 3.8) is 0 Å². The van der Waals surface area contributed by atoms with Crippen molar-refractivity contribution >= 4 is 33.9 Å². The van der Waals surface area contributed by atoms with Crippen molar-refractivity contribution in [3.05, 3.63) is 0 Å². The molecule has 0 saturated heterocycles. The number of hydrogen-bond acceptors (Lipinski definition) is 5. The molecule has 0 aromatic heterocycles. The minimum atomic E-state index is 0. The quantitative estimate of drug-likeness (QED) is 0.403. The molecule has 0 aromatic carbocycles. The monoisotopic (exact) mass is 337 g/mol. The summed E-state index contributed by atoms with van der Waals surface area (Å²) in [5.74, 6) is 0. The molecule has 0 aliphatic carbocycles. The van der Waals surface area contributed by atoms with Gasteiger partial charge in [0.2, 0.25) is 0 Å². The van der Waals surface area contributed by atoms with Gasteiger partial charge < -0.3 is 24.0 Å². The van der Waals surface area contributed by atoms with Crippen LogP contribution in [0.1, 0.15) is 0 Å². The molecule has 1 radical (unpaired) electrons. The molecule has 0 unspecified atom stereocenters. The third-order valence-electron chi connectivity index (χ3n) is 0. The van der Waals surface area contributed by atoms with Gasteiger partial charge >= 0.3 is 19.8 Å². The Labute approximate surface area is 78.2 Å². The molecule has 63 valence electrons. The first-order valence-electron chi connectivity index (χ1n) is 1.18. The molecular weight excluding hydrogens is 330 g/mol. The Morgan fingerprint density at radius 2 is 0.364 bits per heavy atom. The topological polar surface area (TPSA) is 85.3 Å². The van der Waals surface area contributed by atoms with Crippen LogP contribution in [0, 0.1) is 0 Å². The van der Waals surface area contributed by atoms with Gasteiger partial charge in [0.25, 0.3) is 0 Å². The van der Waals surface area contributed by atoms with Crippen LogP contribution in [-0.2, 0) is 43.8 Å². The molecular formula is C5H5O5Os. The molecule has 0 aliphatic heterocycles. The zero-order valence-electron chi connectivity index (χ0n) is 5.28. The Balaban J connectivity index is -0.00000000694. The van der Waals surface area contributed by atoms with Crippen LogP contribution in [0.3, 0.4) is 0 Å². The van der Waals surface area contributed by atoms with Crippen molar-refractivity contribution in [1.29, 1.82) is 0 Å². The maximum Gasteiger partial charge on any atom is 5.00 e. The van der Waals surface area contributed by atoms with Gasteiger partial charge in [0, 0.05) is 0 Å². The summed E-state index contributed by atoms with van der Waals surface area (Å²) in [6.07, 6.45) is 0. The van der Waals surface area contributed by atoms with Gasteiger partial charge in [-0.25, -0.2) is 0 Å². The van der Waals surface area contributed by atoms with Crippen molar-refractivity contribution in [1.82, 2.24) is 0 Å². The molecule has 0 bridgehead atoms. The maximum atomic E-state index is 7.75. The number of hydrogen-bond donors (Lipinski definition) is 0. The Hall–Kier alpha value is -1.01. The van der Waals surface area contributed by atoms with Crippen LogP contribution in [0.2, 0.25) is 0 Å². The van der Waals surface area contributed by atoms with Crippen molar-refractivity contribution in [2.24, 2.45) is 0 Å². The fourth-order valence-electron chi connectivity index (χ4n) is 0. The summed E-state index contributed by atoms with van der Waals surface area (Å²) in [6.45, 7) is 16.2. The van der Waals surface area contributed by atoms with Crippen LogP contribution in [0.5, 0.6) is 0 Å². The van der Waals surface area contributed by atoms with Gasteiger partial charge in [-0.3, -0.25) is 33.9 Å². The van der Waals surface area contributed by atoms with Gasteiger partial charge in [0.1, 0.15) is 0 Å². The van der Waals surface area contributed by atoms with E-state index < -0.39 is 0 Å². The second-order valence-corrected chi connectivity index (χ2v) is 0. The van der Waals surface area contributed by atoms with Crippen LogP contribution in [0.25, 0.3) is 0 Å². The largest absolute Gasteiger partial charge is 5.00 e. The molecule has 0 rings (SSSR count). The second kappa shape index (κ2) is 558. The first-order chi connectivity index (χ1) is 5.00. The third-order valence-corrected chi connectivity index (χ3v) is 0. The van der Waals surface area contributed by atoms with Crippen LogP contribution in [-0.4, -0.2) is 33.9 Å². The normalized spacial score (nSPS) is 1.82. The van der Waals surface area contributed by atoms with Gasteiger partial charge in [0.15, 0.2) is 0 Å². The molecule has 6 heteroatoms. The number of carbonyl (C=O) groups excluding carboxylic acids is 5. The molecule has 0 spiro atoms. The Morgan fingerprint density at radius 1 is 0.364 bits per heavy atom. The summed E-state index contributed by atoms with van der Waals surface area (Å²) < 4.78 is 0. The van der Waals surface area contributed by atoms with Crippen molar-refractivity contribution in [2.75, 3.05) is 0 Å². The Kier molecular flexibility index (Phi) is 2570. The van der Waals surface area contributed by atoms with E-state index in [0.29, 0.717) is 0 Å². The first kappa shape index (κ1) is 50.7. The van der Waals surface area contributed by atoms with E-state index in [4.69, 9.17) is 24.0 Å². The van der Waals surface area contributed by atoms with E-state index in [0.717, 1.165) is 0 Å². The molecule has 0 saturated carbocycles. The molecule has 0 heterocycles. The first-order valence-corrected chi connectivity index (χ1v) is 1.18. The number of rotatable bonds is 0. The van der Waals surface area contributed by atoms with E-state index in [1.54, 1.807) is 0 Å². The zero-order valence-corrected chi connectivity index (χ0v) is 7.82. The standard InChI is InChI=1S/5CHO.Os/c5*1-2;/h5*1H;/q5*-1;+5. The Morgan fingerprint density at radius 3 is 0.364 bits per heavy atom. The minimum Gasteiger partial charge on any atom is -0.545 e. The molecule has 0 atom stereocenters. The summed E-state index contributed by atoms with van der Waals surface area (Å²) in [7, 11) is 0. The molecule has 0 aromatic rings. The van der Waals surface area contributed by atoms with Crippen molar-refractivity contribution in [2.45, 2.75) is 0 Å². The molecule has 11 heavy (non-hydrogen) atoms. The van der Waals surface area contributed by atoms with Crippen LogP contribution < -0.4 is 0 Å². The van der Waals surface area contributed by atoms with Gasteiger partial charge in [0.05, 0.1) is 0 Å². The van der Waals surface area contributed by atoms with Gasteiger partial charge in [-0.2, -0.15) is 0 Å². The minimum absolute atomic E-state index is 0. The third kappa shape index (κ3) is 427. The smallest absolute Gasteiger partial charge is 0.545 e. The van der Waals surface area contributed by atoms with E-state index >= 15 is 0 Å². The summed E-state index contributed by atoms with van der Waals surface area (Å²) in [6, 6.07) is 0.